The van der Waals surface area contributed by atoms with Crippen LogP contribution in [0.2, 0.25) is 0 Å². The monoisotopic (exact) mass is 566 g/mol. The van der Waals surface area contributed by atoms with E-state index in [0.29, 0.717) is 19.6 Å². The Hall–Kier alpha value is -3.71. The number of ether oxygens (including phenoxy) is 1. The first-order valence-corrected chi connectivity index (χ1v) is 15.4. The molecule has 0 spiro atoms. The number of benzene rings is 4. The van der Waals surface area contributed by atoms with E-state index < -0.39 is 0 Å². The zero-order valence-corrected chi connectivity index (χ0v) is 25.2. The first-order chi connectivity index (χ1) is 20.7. The summed E-state index contributed by atoms with van der Waals surface area (Å²) in [5, 5.41) is 9.08. The maximum Gasteiger partial charge on any atom is 0.317 e. The maximum atomic E-state index is 13.5. The molecule has 2 amide bonds. The predicted octanol–water partition coefficient (Wildman–Crippen LogP) is 6.59. The van der Waals surface area contributed by atoms with Gasteiger partial charge in [0.15, 0.2) is 0 Å². The number of nitrogens with zero attached hydrogens (tertiary/aromatic N) is 2. The average Bonchev–Trinajstić information content (AvgIpc) is 3.06. The van der Waals surface area contributed by atoms with Gasteiger partial charge in [0.2, 0.25) is 0 Å². The second-order valence-electron chi connectivity index (χ2n) is 10.4. The molecule has 1 aliphatic rings. The SMILES string of the molecule is CC.O=C(NCc1cccc2ccccc12)N(CCCN1CCOCC1)Cc1ccc(CNCc2ccccc2)cc1. The summed E-state index contributed by atoms with van der Waals surface area (Å²) < 4.78 is 5.48. The first-order valence-electron chi connectivity index (χ1n) is 15.4. The van der Waals surface area contributed by atoms with Gasteiger partial charge in [-0.05, 0) is 39.4 Å². The van der Waals surface area contributed by atoms with E-state index in [2.05, 4.69) is 94.4 Å². The molecule has 4 aromatic carbocycles. The van der Waals surface area contributed by atoms with Crippen LogP contribution in [0.5, 0.6) is 0 Å². The van der Waals surface area contributed by atoms with Gasteiger partial charge in [-0.25, -0.2) is 4.79 Å². The molecule has 0 radical (unpaired) electrons. The average molecular weight is 567 g/mol. The lowest BCUT2D eigenvalue weighted by Gasteiger charge is -2.28. The lowest BCUT2D eigenvalue weighted by Crippen LogP contribution is -2.42. The third-order valence-electron chi connectivity index (χ3n) is 7.50. The number of carbonyl (C=O) groups is 1. The van der Waals surface area contributed by atoms with Gasteiger partial charge < -0.3 is 20.3 Å². The van der Waals surface area contributed by atoms with Gasteiger partial charge in [-0.1, -0.05) is 111 Å². The Bertz CT molecular complexity index is 1330. The number of carbonyl (C=O) groups excluding carboxylic acids is 1. The number of urea groups is 1. The van der Waals surface area contributed by atoms with Crippen LogP contribution in [0.3, 0.4) is 0 Å². The Kier molecular flexibility index (Phi) is 12.9. The molecule has 0 atom stereocenters. The van der Waals surface area contributed by atoms with Crippen LogP contribution in [0.25, 0.3) is 10.8 Å². The fourth-order valence-electron chi connectivity index (χ4n) is 5.22. The zero-order chi connectivity index (χ0) is 29.4. The van der Waals surface area contributed by atoms with Crippen LogP contribution < -0.4 is 10.6 Å². The van der Waals surface area contributed by atoms with E-state index in [0.717, 1.165) is 63.5 Å². The van der Waals surface area contributed by atoms with Crippen LogP contribution >= 0.6 is 0 Å². The van der Waals surface area contributed by atoms with E-state index in [-0.39, 0.29) is 6.03 Å². The van der Waals surface area contributed by atoms with Gasteiger partial charge in [0.25, 0.3) is 0 Å². The Morgan fingerprint density at radius 3 is 2.17 bits per heavy atom. The van der Waals surface area contributed by atoms with Crippen molar-refractivity contribution >= 4 is 16.8 Å². The van der Waals surface area contributed by atoms with Gasteiger partial charge in [-0.2, -0.15) is 0 Å². The highest BCUT2D eigenvalue weighted by Crippen LogP contribution is 2.18. The Labute approximate surface area is 251 Å². The largest absolute Gasteiger partial charge is 0.379 e. The molecule has 0 bridgehead atoms. The molecule has 2 N–H and O–H groups in total. The van der Waals surface area contributed by atoms with E-state index in [1.807, 2.05) is 36.9 Å². The van der Waals surface area contributed by atoms with Crippen molar-refractivity contribution in [1.82, 2.24) is 20.4 Å². The fraction of sp³-hybridized carbons (Fsp3) is 0.361. The van der Waals surface area contributed by atoms with Crippen molar-refractivity contribution in [1.29, 1.82) is 0 Å². The number of fused-ring (bicyclic) bond motifs is 1. The molecule has 5 rings (SSSR count). The van der Waals surface area contributed by atoms with Crippen LogP contribution in [-0.4, -0.2) is 55.2 Å². The van der Waals surface area contributed by atoms with Gasteiger partial charge in [0.1, 0.15) is 0 Å². The summed E-state index contributed by atoms with van der Waals surface area (Å²) in [5.74, 6) is 0. The van der Waals surface area contributed by atoms with Crippen LogP contribution in [0, 0.1) is 0 Å². The molecular weight excluding hydrogens is 520 g/mol. The third kappa shape index (κ3) is 9.69. The molecule has 0 unspecified atom stereocenters. The summed E-state index contributed by atoms with van der Waals surface area (Å²) in [6, 6.07) is 33.6. The Morgan fingerprint density at radius 2 is 1.40 bits per heavy atom. The number of morpholine rings is 1. The van der Waals surface area contributed by atoms with Crippen LogP contribution in [-0.2, 0) is 30.9 Å². The molecule has 0 aliphatic carbocycles. The van der Waals surface area contributed by atoms with Crippen molar-refractivity contribution in [3.63, 3.8) is 0 Å². The molecule has 1 fully saturated rings. The quantitative estimate of drug-likeness (QED) is 0.203. The molecule has 42 heavy (non-hydrogen) atoms. The number of hydrogen-bond donors (Lipinski definition) is 2. The lowest BCUT2D eigenvalue weighted by molar-refractivity contribution is 0.0364. The summed E-state index contributed by atoms with van der Waals surface area (Å²) in [4.78, 5) is 17.8. The number of amides is 2. The number of nitrogens with one attached hydrogen (secondary N) is 2. The van der Waals surface area contributed by atoms with Crippen molar-refractivity contribution in [3.8, 4) is 0 Å². The highest BCUT2D eigenvalue weighted by molar-refractivity contribution is 5.86. The lowest BCUT2D eigenvalue weighted by atomic mass is 10.0. The van der Waals surface area contributed by atoms with Crippen molar-refractivity contribution in [2.75, 3.05) is 39.4 Å². The Morgan fingerprint density at radius 1 is 0.762 bits per heavy atom. The van der Waals surface area contributed by atoms with E-state index in [4.69, 9.17) is 4.74 Å². The number of hydrogen-bond acceptors (Lipinski definition) is 4. The molecule has 6 heteroatoms. The predicted molar refractivity (Wildman–Crippen MR) is 173 cm³/mol. The smallest absolute Gasteiger partial charge is 0.317 e. The topological polar surface area (TPSA) is 56.8 Å². The van der Waals surface area contributed by atoms with Gasteiger partial charge in [0.05, 0.1) is 13.2 Å². The van der Waals surface area contributed by atoms with Gasteiger partial charge >= 0.3 is 6.03 Å². The van der Waals surface area contributed by atoms with Crippen LogP contribution in [0.15, 0.2) is 97.1 Å². The molecule has 0 aromatic heterocycles. The van der Waals surface area contributed by atoms with E-state index in [9.17, 15) is 4.79 Å². The zero-order valence-electron chi connectivity index (χ0n) is 25.2. The van der Waals surface area contributed by atoms with E-state index in [1.165, 1.54) is 21.9 Å². The summed E-state index contributed by atoms with van der Waals surface area (Å²) >= 11 is 0. The molecule has 222 valence electrons. The minimum atomic E-state index is -0.0245. The highest BCUT2D eigenvalue weighted by Gasteiger charge is 2.16. The van der Waals surface area contributed by atoms with Crippen molar-refractivity contribution in [2.45, 2.75) is 46.4 Å². The fourth-order valence-corrected chi connectivity index (χ4v) is 5.22. The van der Waals surface area contributed by atoms with Crippen molar-refractivity contribution in [2.24, 2.45) is 0 Å². The molecule has 1 aliphatic heterocycles. The summed E-state index contributed by atoms with van der Waals surface area (Å²) in [5.41, 5.74) is 4.78. The highest BCUT2D eigenvalue weighted by atomic mass is 16.5. The third-order valence-corrected chi connectivity index (χ3v) is 7.50. The van der Waals surface area contributed by atoms with Gasteiger partial charge in [0, 0.05) is 52.4 Å². The summed E-state index contributed by atoms with van der Waals surface area (Å²) in [6.45, 7) is 11.9. The van der Waals surface area contributed by atoms with Gasteiger partial charge in [-0.3, -0.25) is 4.90 Å². The van der Waals surface area contributed by atoms with Crippen molar-refractivity contribution < 1.29 is 9.53 Å². The van der Waals surface area contributed by atoms with Crippen LogP contribution in [0.4, 0.5) is 4.79 Å². The standard InChI is InChI=1S/C34H40N4O2.C2H6/c39-34(36-26-32-12-6-11-31-10-4-5-13-33(31)32)38(19-7-18-37-20-22-40-23-21-37)27-30-16-14-29(15-17-30)25-35-24-28-8-2-1-3-9-28;1-2/h1-6,8-17,35H,7,18-27H2,(H,36,39);1-2H3. The summed E-state index contributed by atoms with van der Waals surface area (Å²) in [6.07, 6.45) is 0.934. The molecular formula is C36H46N4O2. The molecule has 1 saturated heterocycles. The molecule has 6 nitrogen and oxygen atoms in total. The maximum absolute atomic E-state index is 13.5. The summed E-state index contributed by atoms with van der Waals surface area (Å²) in [7, 11) is 0. The van der Waals surface area contributed by atoms with Crippen LogP contribution in [0.1, 0.15) is 42.5 Å². The van der Waals surface area contributed by atoms with Gasteiger partial charge in [-0.15, -0.1) is 0 Å². The second-order valence-corrected chi connectivity index (χ2v) is 10.4. The van der Waals surface area contributed by atoms with E-state index >= 15 is 0 Å². The second kappa shape index (κ2) is 17.3. The molecule has 0 saturated carbocycles. The van der Waals surface area contributed by atoms with Crippen molar-refractivity contribution in [3.05, 3.63) is 119 Å². The first kappa shape index (κ1) is 31.2. The molecule has 1 heterocycles. The minimum absolute atomic E-state index is 0.0245. The van der Waals surface area contributed by atoms with E-state index in [1.54, 1.807) is 0 Å². The minimum Gasteiger partial charge on any atom is -0.379 e. The molecule has 4 aromatic rings. The normalized spacial score (nSPS) is 13.3. The Balaban J connectivity index is 0.00000198. The number of rotatable bonds is 12.